The van der Waals surface area contributed by atoms with Gasteiger partial charge < -0.3 is 29.8 Å². The molecule has 0 aliphatic carbocycles. The molecule has 3 aromatic heterocycles. The molecule has 0 amide bonds. The zero-order valence-corrected chi connectivity index (χ0v) is 13.1. The van der Waals surface area contributed by atoms with Crippen molar-refractivity contribution in [3.05, 3.63) is 18.9 Å². The molecule has 10 nitrogen and oxygen atoms in total. The Kier molecular flexibility index (Phi) is 3.45. The molecule has 0 aromatic carbocycles. The van der Waals surface area contributed by atoms with Crippen LogP contribution >= 0.6 is 0 Å². The van der Waals surface area contributed by atoms with Crippen molar-refractivity contribution in [1.29, 1.82) is 0 Å². The predicted molar refractivity (Wildman–Crippen MR) is 81.7 cm³/mol. The van der Waals surface area contributed by atoms with Crippen molar-refractivity contribution in [2.24, 2.45) is 0 Å². The van der Waals surface area contributed by atoms with Crippen LogP contribution in [0.2, 0.25) is 0 Å². The predicted octanol–water partition coefficient (Wildman–Crippen LogP) is 0.0423. The number of nitrogen functional groups attached to an aromatic ring is 1. The number of nitrogens with zero attached hydrogens (tertiary/aromatic N) is 5. The van der Waals surface area contributed by atoms with Crippen LogP contribution in [0.25, 0.3) is 22.4 Å². The van der Waals surface area contributed by atoms with E-state index in [-0.39, 0.29) is 17.3 Å². The van der Waals surface area contributed by atoms with Gasteiger partial charge in [-0.25, -0.2) is 14.4 Å². The van der Waals surface area contributed by atoms with Gasteiger partial charge in [0.25, 0.3) is 0 Å². The van der Waals surface area contributed by atoms with Crippen molar-refractivity contribution in [3.8, 4) is 11.4 Å². The highest BCUT2D eigenvalue weighted by atomic mass is 19.1. The second-order valence-corrected chi connectivity index (χ2v) is 5.97. The fraction of sp³-hybridized carbons (Fsp3) is 0.429. The van der Waals surface area contributed by atoms with Gasteiger partial charge in [-0.1, -0.05) is 5.16 Å². The van der Waals surface area contributed by atoms with Crippen LogP contribution in [0.3, 0.4) is 0 Å². The molecule has 1 aliphatic rings. The van der Waals surface area contributed by atoms with Gasteiger partial charge in [0.1, 0.15) is 30.0 Å². The van der Waals surface area contributed by atoms with E-state index in [1.165, 1.54) is 24.0 Å². The summed E-state index contributed by atoms with van der Waals surface area (Å²) in [6, 6.07) is 0. The van der Waals surface area contributed by atoms with E-state index in [0.29, 0.717) is 10.9 Å². The lowest BCUT2D eigenvalue weighted by atomic mass is 9.98. The number of hydrogen-bond acceptors (Lipinski definition) is 9. The summed E-state index contributed by atoms with van der Waals surface area (Å²) in [5, 5.41) is 23.6. The van der Waals surface area contributed by atoms with E-state index >= 15 is 4.39 Å². The number of ether oxygens (including phenoxy) is 1. The number of anilines is 1. The molecular formula is C14H15FN6O4. The number of aromatic nitrogens is 5. The molecule has 1 fully saturated rings. The van der Waals surface area contributed by atoms with Crippen molar-refractivity contribution in [3.63, 3.8) is 0 Å². The summed E-state index contributed by atoms with van der Waals surface area (Å²) in [6.45, 7) is 0.674. The van der Waals surface area contributed by atoms with Gasteiger partial charge in [-0.15, -0.1) is 0 Å². The van der Waals surface area contributed by atoms with Crippen LogP contribution in [0.1, 0.15) is 13.2 Å². The van der Waals surface area contributed by atoms with Crippen molar-refractivity contribution in [1.82, 2.24) is 24.7 Å². The van der Waals surface area contributed by atoms with Crippen LogP contribution in [0.15, 0.2) is 23.4 Å². The summed E-state index contributed by atoms with van der Waals surface area (Å²) in [7, 11) is 0. The van der Waals surface area contributed by atoms with E-state index < -0.39 is 30.7 Å². The molecule has 0 bridgehead atoms. The van der Waals surface area contributed by atoms with E-state index in [1.54, 1.807) is 0 Å². The van der Waals surface area contributed by atoms with Crippen molar-refractivity contribution in [2.45, 2.75) is 31.0 Å². The molecule has 1 saturated heterocycles. The van der Waals surface area contributed by atoms with Crippen LogP contribution in [0.4, 0.5) is 10.2 Å². The monoisotopic (exact) mass is 350 g/mol. The quantitative estimate of drug-likeness (QED) is 0.596. The molecule has 4 atom stereocenters. The van der Waals surface area contributed by atoms with E-state index in [0.717, 1.165) is 6.39 Å². The summed E-state index contributed by atoms with van der Waals surface area (Å²) in [5.41, 5.74) is 4.49. The lowest BCUT2D eigenvalue weighted by Crippen LogP contribution is -2.40. The molecule has 11 heteroatoms. The van der Waals surface area contributed by atoms with Gasteiger partial charge in [0.15, 0.2) is 11.9 Å². The summed E-state index contributed by atoms with van der Waals surface area (Å²) < 4.78 is 26.8. The van der Waals surface area contributed by atoms with Gasteiger partial charge in [0, 0.05) is 6.20 Å². The minimum atomic E-state index is -2.17. The Morgan fingerprint density at radius 3 is 2.84 bits per heavy atom. The third-order valence-electron chi connectivity index (χ3n) is 4.39. The first kappa shape index (κ1) is 15.9. The lowest BCUT2D eigenvalue weighted by molar-refractivity contribution is -0.0563. The number of halogens is 1. The molecule has 3 aromatic rings. The Labute approximate surface area is 140 Å². The third-order valence-corrected chi connectivity index (χ3v) is 4.39. The van der Waals surface area contributed by atoms with Crippen LogP contribution in [0, 0.1) is 0 Å². The number of rotatable bonds is 3. The summed E-state index contributed by atoms with van der Waals surface area (Å²) in [6.07, 6.45) is 0.0823. The fourth-order valence-corrected chi connectivity index (χ4v) is 3.11. The van der Waals surface area contributed by atoms with E-state index in [4.69, 9.17) is 15.0 Å². The number of alkyl halides is 1. The number of fused-ring (bicyclic) bond motifs is 1. The smallest absolute Gasteiger partial charge is 0.214 e. The van der Waals surface area contributed by atoms with Crippen molar-refractivity contribution >= 4 is 16.9 Å². The first-order chi connectivity index (χ1) is 11.9. The molecule has 0 saturated carbocycles. The van der Waals surface area contributed by atoms with Crippen LogP contribution in [-0.2, 0) is 4.74 Å². The number of aliphatic hydroxyl groups excluding tert-OH is 2. The molecule has 0 radical (unpaired) electrons. The number of hydrogen-bond donors (Lipinski definition) is 3. The zero-order chi connectivity index (χ0) is 17.8. The highest BCUT2D eigenvalue weighted by molar-refractivity contribution is 5.99. The molecule has 4 heterocycles. The van der Waals surface area contributed by atoms with E-state index in [2.05, 4.69) is 20.1 Å². The Bertz CT molecular complexity index is 912. The number of nitrogens with two attached hydrogens (primary N) is 1. The molecule has 0 unspecified atom stereocenters. The fourth-order valence-electron chi connectivity index (χ4n) is 3.11. The zero-order valence-electron chi connectivity index (χ0n) is 13.1. The minimum Gasteiger partial charge on any atom is -0.394 e. The maximum Gasteiger partial charge on any atom is 0.214 e. The van der Waals surface area contributed by atoms with Gasteiger partial charge in [-0.05, 0) is 6.92 Å². The van der Waals surface area contributed by atoms with Gasteiger partial charge in [-0.2, -0.15) is 4.98 Å². The molecule has 0 spiro atoms. The maximum absolute atomic E-state index is 15.1. The molecular weight excluding hydrogens is 335 g/mol. The van der Waals surface area contributed by atoms with Gasteiger partial charge >= 0.3 is 0 Å². The van der Waals surface area contributed by atoms with Crippen molar-refractivity contribution in [2.75, 3.05) is 12.3 Å². The summed E-state index contributed by atoms with van der Waals surface area (Å²) in [5.74, 6) is 0.379. The number of aliphatic hydroxyl groups is 2. The first-order valence-electron chi connectivity index (χ1n) is 7.46. The summed E-state index contributed by atoms with van der Waals surface area (Å²) >= 11 is 0. The molecule has 1 aliphatic heterocycles. The summed E-state index contributed by atoms with van der Waals surface area (Å²) in [4.78, 5) is 12.1. The molecule has 4 rings (SSSR count). The van der Waals surface area contributed by atoms with Gasteiger partial charge in [0.2, 0.25) is 12.2 Å². The van der Waals surface area contributed by atoms with E-state index in [1.807, 2.05) is 0 Å². The van der Waals surface area contributed by atoms with Gasteiger partial charge in [0.05, 0.1) is 17.6 Å². The van der Waals surface area contributed by atoms with Crippen LogP contribution in [0.5, 0.6) is 0 Å². The Morgan fingerprint density at radius 2 is 2.20 bits per heavy atom. The standard InChI is InChI=1S/C14H15FN6O4/c1-14(15)9(23)7(3-22)25-13(14)21-2-6(11-19-5-24-20-11)8-10(16)17-4-18-12(8)21/h2,4-5,7,9,13,22-23H,3H2,1H3,(H2,16,17,18)/t7-,9-,13-,14+/m1/s1. The minimum absolute atomic E-state index is 0.154. The van der Waals surface area contributed by atoms with Crippen LogP contribution in [-0.4, -0.2) is 59.4 Å². The molecule has 4 N–H and O–H groups in total. The Hall–Kier alpha value is -2.63. The highest BCUT2D eigenvalue weighted by Crippen LogP contribution is 2.44. The largest absolute Gasteiger partial charge is 0.394 e. The van der Waals surface area contributed by atoms with Crippen molar-refractivity contribution < 1.29 is 23.9 Å². The Balaban J connectivity index is 1.93. The maximum atomic E-state index is 15.1. The van der Waals surface area contributed by atoms with Gasteiger partial charge in [-0.3, -0.25) is 0 Å². The van der Waals surface area contributed by atoms with Crippen LogP contribution < -0.4 is 5.73 Å². The topological polar surface area (TPSA) is 145 Å². The lowest BCUT2D eigenvalue weighted by Gasteiger charge is -2.25. The molecule has 132 valence electrons. The molecule has 25 heavy (non-hydrogen) atoms. The second-order valence-electron chi connectivity index (χ2n) is 5.97. The Morgan fingerprint density at radius 1 is 1.40 bits per heavy atom. The first-order valence-corrected chi connectivity index (χ1v) is 7.46. The second kappa shape index (κ2) is 5.44. The SMILES string of the molecule is C[C@]1(F)[C@H](O)[C@@H](CO)O[C@H]1n1cc(-c2ncon2)c2c(N)ncnc21. The normalized spacial score (nSPS) is 29.5. The average molecular weight is 350 g/mol. The van der Waals surface area contributed by atoms with E-state index in [9.17, 15) is 10.2 Å². The third kappa shape index (κ3) is 2.20. The highest BCUT2D eigenvalue weighted by Gasteiger charge is 2.55. The average Bonchev–Trinajstić information content (AvgIpc) is 3.27.